The highest BCUT2D eigenvalue weighted by molar-refractivity contribution is 6.32. The molecule has 1 aromatic carbocycles. The maximum Gasteiger partial charge on any atom is 0.343 e. The molecule has 1 heterocycles. The predicted octanol–water partition coefficient (Wildman–Crippen LogP) is 4.47. The maximum atomic E-state index is 12.4. The van der Waals surface area contributed by atoms with E-state index in [2.05, 4.69) is 11.9 Å². The zero-order valence-electron chi connectivity index (χ0n) is 17.6. The number of aromatic nitrogens is 1. The summed E-state index contributed by atoms with van der Waals surface area (Å²) in [6.45, 7) is 5.50. The fraction of sp³-hybridized carbons (Fsp3) is 0.455. The molecule has 8 heteroatoms. The molecule has 0 saturated heterocycles. The van der Waals surface area contributed by atoms with Gasteiger partial charge in [0.25, 0.3) is 0 Å². The second-order valence-corrected chi connectivity index (χ2v) is 6.93. The van der Waals surface area contributed by atoms with Gasteiger partial charge in [-0.05, 0) is 19.4 Å². The van der Waals surface area contributed by atoms with E-state index in [1.807, 2.05) is 0 Å². The number of unbranched alkanes of at least 4 members (excludes halogenated alkanes) is 1. The first kappa shape index (κ1) is 23.8. The molecule has 164 valence electrons. The standard InChI is InChI=1S/C22H28ClNO6/c1-4-6-9-29-20-13-21(30-10-7-8-27-3)17(23)11-15(20)18-12-19(25)16(14-24-18)22(26)28-5-2/h11-14H,4-10H2,1-3H3,(H,24,25). The number of carbonyl (C=O) groups excluding carboxylic acids is 1. The zero-order valence-corrected chi connectivity index (χ0v) is 18.3. The van der Waals surface area contributed by atoms with E-state index in [0.717, 1.165) is 19.3 Å². The van der Waals surface area contributed by atoms with Gasteiger partial charge in [0.1, 0.15) is 17.1 Å². The van der Waals surface area contributed by atoms with Crippen LogP contribution in [0.25, 0.3) is 11.3 Å². The number of nitrogens with one attached hydrogen (secondary N) is 1. The first-order chi connectivity index (χ1) is 14.5. The number of halogens is 1. The average molecular weight is 438 g/mol. The van der Waals surface area contributed by atoms with Gasteiger partial charge in [0.15, 0.2) is 5.43 Å². The molecule has 1 aromatic heterocycles. The Kier molecular flexibility index (Phi) is 9.70. The lowest BCUT2D eigenvalue weighted by molar-refractivity contribution is 0.0524. The molecule has 0 amide bonds. The summed E-state index contributed by atoms with van der Waals surface area (Å²) in [5.41, 5.74) is 0.580. The lowest BCUT2D eigenvalue weighted by Crippen LogP contribution is -2.17. The molecule has 2 rings (SSSR count). The van der Waals surface area contributed by atoms with Crippen LogP contribution in [0.1, 0.15) is 43.5 Å². The van der Waals surface area contributed by atoms with Crippen molar-refractivity contribution in [2.45, 2.75) is 33.1 Å². The number of pyridine rings is 1. The SMILES string of the molecule is CCCCOc1cc(OCCCOC)c(Cl)cc1-c1cc(=O)c(C(=O)OCC)c[nH]1. The van der Waals surface area contributed by atoms with Crippen LogP contribution in [0.4, 0.5) is 0 Å². The molecular weight excluding hydrogens is 410 g/mol. The summed E-state index contributed by atoms with van der Waals surface area (Å²) in [5, 5.41) is 0.389. The second-order valence-electron chi connectivity index (χ2n) is 6.52. The van der Waals surface area contributed by atoms with Crippen molar-refractivity contribution in [3.05, 3.63) is 45.2 Å². The molecule has 1 N–H and O–H groups in total. The van der Waals surface area contributed by atoms with Crippen LogP contribution in [-0.2, 0) is 9.47 Å². The number of ether oxygens (including phenoxy) is 4. The summed E-state index contributed by atoms with van der Waals surface area (Å²) in [5.74, 6) is 0.366. The van der Waals surface area contributed by atoms with E-state index in [1.54, 1.807) is 26.2 Å². The average Bonchev–Trinajstić information content (AvgIpc) is 2.73. The Morgan fingerprint density at radius 1 is 1.03 bits per heavy atom. The number of rotatable bonds is 12. The van der Waals surface area contributed by atoms with Crippen LogP contribution in [0, 0.1) is 0 Å². The van der Waals surface area contributed by atoms with E-state index in [4.69, 9.17) is 30.5 Å². The topological polar surface area (TPSA) is 86.8 Å². The van der Waals surface area contributed by atoms with Crippen molar-refractivity contribution in [2.24, 2.45) is 0 Å². The van der Waals surface area contributed by atoms with Gasteiger partial charge in [0.05, 0.1) is 30.5 Å². The van der Waals surface area contributed by atoms with E-state index in [-0.39, 0.29) is 12.2 Å². The zero-order chi connectivity index (χ0) is 21.9. The van der Waals surface area contributed by atoms with Gasteiger partial charge in [0, 0.05) is 44.0 Å². The van der Waals surface area contributed by atoms with Crippen LogP contribution < -0.4 is 14.9 Å². The predicted molar refractivity (Wildman–Crippen MR) is 116 cm³/mol. The molecule has 0 aliphatic rings. The van der Waals surface area contributed by atoms with E-state index in [1.165, 1.54) is 12.3 Å². The van der Waals surface area contributed by atoms with Crippen molar-refractivity contribution < 1.29 is 23.7 Å². The van der Waals surface area contributed by atoms with Crippen LogP contribution in [0.5, 0.6) is 11.5 Å². The van der Waals surface area contributed by atoms with E-state index < -0.39 is 11.4 Å². The molecule has 0 fully saturated rings. The number of carbonyl (C=O) groups is 1. The Labute approximate surface area is 181 Å². The first-order valence-electron chi connectivity index (χ1n) is 10.00. The third-order valence-corrected chi connectivity index (χ3v) is 4.53. The highest BCUT2D eigenvalue weighted by Crippen LogP contribution is 2.38. The molecule has 0 aliphatic carbocycles. The molecule has 0 radical (unpaired) electrons. The Bertz CT molecular complexity index is 896. The van der Waals surface area contributed by atoms with E-state index in [9.17, 15) is 9.59 Å². The second kappa shape index (κ2) is 12.2. The number of esters is 1. The minimum absolute atomic E-state index is 0.0572. The van der Waals surface area contributed by atoms with Crippen LogP contribution in [0.15, 0.2) is 29.2 Å². The van der Waals surface area contributed by atoms with Gasteiger partial charge in [-0.1, -0.05) is 24.9 Å². The summed E-state index contributed by atoms with van der Waals surface area (Å²) in [6, 6.07) is 4.74. The van der Waals surface area contributed by atoms with Crippen LogP contribution in [0.3, 0.4) is 0 Å². The third-order valence-electron chi connectivity index (χ3n) is 4.24. The van der Waals surface area contributed by atoms with Gasteiger partial charge in [0.2, 0.25) is 0 Å². The quantitative estimate of drug-likeness (QED) is 0.389. The van der Waals surface area contributed by atoms with Crippen LogP contribution >= 0.6 is 11.6 Å². The van der Waals surface area contributed by atoms with Crippen LogP contribution in [-0.4, -0.2) is 44.5 Å². The van der Waals surface area contributed by atoms with Gasteiger partial charge >= 0.3 is 5.97 Å². The minimum Gasteiger partial charge on any atom is -0.493 e. The molecule has 0 unspecified atom stereocenters. The lowest BCUT2D eigenvalue weighted by Gasteiger charge is -2.16. The monoisotopic (exact) mass is 437 g/mol. The van der Waals surface area contributed by atoms with E-state index >= 15 is 0 Å². The molecule has 0 aliphatic heterocycles. The summed E-state index contributed by atoms with van der Waals surface area (Å²) < 4.78 is 21.6. The molecular formula is C22H28ClNO6. The smallest absolute Gasteiger partial charge is 0.343 e. The Balaban J connectivity index is 2.37. The Morgan fingerprint density at radius 3 is 2.43 bits per heavy atom. The summed E-state index contributed by atoms with van der Waals surface area (Å²) in [4.78, 5) is 27.3. The normalized spacial score (nSPS) is 10.7. The van der Waals surface area contributed by atoms with Gasteiger partial charge < -0.3 is 23.9 Å². The number of hydrogen-bond acceptors (Lipinski definition) is 6. The number of hydrogen-bond donors (Lipinski definition) is 1. The van der Waals surface area contributed by atoms with Gasteiger partial charge in [-0.3, -0.25) is 4.79 Å². The number of H-pyrrole nitrogens is 1. The lowest BCUT2D eigenvalue weighted by atomic mass is 10.1. The molecule has 0 saturated carbocycles. The van der Waals surface area contributed by atoms with E-state index in [0.29, 0.717) is 47.6 Å². The van der Waals surface area contributed by atoms with Crippen molar-refractivity contribution in [3.63, 3.8) is 0 Å². The molecule has 2 aromatic rings. The molecule has 0 spiro atoms. The minimum atomic E-state index is -0.664. The molecule has 0 bridgehead atoms. The van der Waals surface area contributed by atoms with Crippen molar-refractivity contribution >= 4 is 17.6 Å². The largest absolute Gasteiger partial charge is 0.493 e. The van der Waals surface area contributed by atoms with Gasteiger partial charge in [-0.2, -0.15) is 0 Å². The van der Waals surface area contributed by atoms with Crippen molar-refractivity contribution in [1.29, 1.82) is 0 Å². The molecule has 7 nitrogen and oxygen atoms in total. The molecule has 0 atom stereocenters. The number of methoxy groups -OCH3 is 1. The fourth-order valence-corrected chi connectivity index (χ4v) is 2.90. The maximum absolute atomic E-state index is 12.4. The molecule has 30 heavy (non-hydrogen) atoms. The van der Waals surface area contributed by atoms with Crippen LogP contribution in [0.2, 0.25) is 5.02 Å². The van der Waals surface area contributed by atoms with Gasteiger partial charge in [-0.25, -0.2) is 4.79 Å². The summed E-state index contributed by atoms with van der Waals surface area (Å²) in [7, 11) is 1.63. The fourth-order valence-electron chi connectivity index (χ4n) is 2.68. The third kappa shape index (κ3) is 6.50. The highest BCUT2D eigenvalue weighted by atomic mass is 35.5. The Hall–Kier alpha value is -2.51. The van der Waals surface area contributed by atoms with Crippen molar-refractivity contribution in [3.8, 4) is 22.8 Å². The van der Waals surface area contributed by atoms with Gasteiger partial charge in [-0.15, -0.1) is 0 Å². The van der Waals surface area contributed by atoms with Crippen molar-refractivity contribution in [1.82, 2.24) is 4.98 Å². The summed E-state index contributed by atoms with van der Waals surface area (Å²) >= 11 is 6.41. The first-order valence-corrected chi connectivity index (χ1v) is 10.4. The summed E-state index contributed by atoms with van der Waals surface area (Å²) in [6.07, 6.45) is 3.93. The number of aromatic amines is 1. The van der Waals surface area contributed by atoms with Crippen molar-refractivity contribution in [2.75, 3.05) is 33.5 Å². The number of benzene rings is 1. The Morgan fingerprint density at radius 2 is 1.77 bits per heavy atom. The highest BCUT2D eigenvalue weighted by Gasteiger charge is 2.17.